The van der Waals surface area contributed by atoms with E-state index in [0.29, 0.717) is 0 Å². The standard InChI is InChI=1S/C16H14Br2N2O/c1-19-13-8-7-10(9-14(13)20(2)16(19)21)15(18)11-5-3-4-6-12(11)17/h3-9,15H,1-2H3. The van der Waals surface area contributed by atoms with Crippen LogP contribution in [0.3, 0.4) is 0 Å². The zero-order chi connectivity index (χ0) is 15.1. The van der Waals surface area contributed by atoms with Gasteiger partial charge in [-0.2, -0.15) is 0 Å². The fraction of sp³-hybridized carbons (Fsp3) is 0.188. The first kappa shape index (κ1) is 14.6. The van der Waals surface area contributed by atoms with Crippen molar-refractivity contribution >= 4 is 42.9 Å². The van der Waals surface area contributed by atoms with Gasteiger partial charge in [0.15, 0.2) is 0 Å². The number of aryl methyl sites for hydroxylation is 2. The summed E-state index contributed by atoms with van der Waals surface area (Å²) >= 11 is 7.34. The molecule has 0 fully saturated rings. The molecule has 3 rings (SSSR count). The lowest BCUT2D eigenvalue weighted by Gasteiger charge is -2.13. The molecule has 0 spiro atoms. The van der Waals surface area contributed by atoms with E-state index in [0.717, 1.165) is 26.6 Å². The largest absolute Gasteiger partial charge is 0.328 e. The third-order valence-corrected chi connectivity index (χ3v) is 5.51. The van der Waals surface area contributed by atoms with Gasteiger partial charge in [0, 0.05) is 18.6 Å². The van der Waals surface area contributed by atoms with Crippen LogP contribution in [0.25, 0.3) is 11.0 Å². The summed E-state index contributed by atoms with van der Waals surface area (Å²) in [6.07, 6.45) is 0. The van der Waals surface area contributed by atoms with Gasteiger partial charge < -0.3 is 0 Å². The third kappa shape index (κ3) is 2.38. The van der Waals surface area contributed by atoms with Crippen LogP contribution in [0.5, 0.6) is 0 Å². The number of alkyl halides is 1. The number of benzene rings is 2. The number of hydrogen-bond donors (Lipinski definition) is 0. The maximum atomic E-state index is 12.0. The van der Waals surface area contributed by atoms with E-state index in [1.807, 2.05) is 24.3 Å². The summed E-state index contributed by atoms with van der Waals surface area (Å²) in [5.41, 5.74) is 4.16. The van der Waals surface area contributed by atoms with Gasteiger partial charge in [0.1, 0.15) is 0 Å². The summed E-state index contributed by atoms with van der Waals surface area (Å²) in [6.45, 7) is 0. The minimum atomic E-state index is -0.00540. The molecule has 1 unspecified atom stereocenters. The quantitative estimate of drug-likeness (QED) is 0.584. The number of rotatable bonds is 2. The van der Waals surface area contributed by atoms with Crippen molar-refractivity contribution in [2.24, 2.45) is 14.1 Å². The first-order chi connectivity index (χ1) is 10.0. The molecule has 0 amide bonds. The smallest absolute Gasteiger partial charge is 0.295 e. The Balaban J connectivity index is 2.16. The monoisotopic (exact) mass is 408 g/mol. The zero-order valence-electron chi connectivity index (χ0n) is 11.7. The minimum absolute atomic E-state index is 0.00540. The fourth-order valence-electron chi connectivity index (χ4n) is 2.54. The second kappa shape index (κ2) is 5.46. The van der Waals surface area contributed by atoms with Gasteiger partial charge in [-0.3, -0.25) is 9.13 Å². The second-order valence-electron chi connectivity index (χ2n) is 5.03. The average molecular weight is 410 g/mol. The van der Waals surface area contributed by atoms with E-state index in [4.69, 9.17) is 0 Å². The Kier molecular flexibility index (Phi) is 3.80. The maximum absolute atomic E-state index is 12.0. The molecular formula is C16H14Br2N2O. The Morgan fingerprint density at radius 2 is 1.67 bits per heavy atom. The fourth-order valence-corrected chi connectivity index (χ4v) is 4.05. The van der Waals surface area contributed by atoms with Gasteiger partial charge in [-0.25, -0.2) is 4.79 Å². The molecule has 0 aliphatic carbocycles. The molecule has 5 heteroatoms. The first-order valence-corrected chi connectivity index (χ1v) is 8.25. The molecule has 1 atom stereocenters. The van der Waals surface area contributed by atoms with E-state index in [-0.39, 0.29) is 10.5 Å². The van der Waals surface area contributed by atoms with Crippen molar-refractivity contribution in [3.8, 4) is 0 Å². The van der Waals surface area contributed by atoms with Gasteiger partial charge in [0.05, 0.1) is 15.9 Å². The van der Waals surface area contributed by atoms with E-state index < -0.39 is 0 Å². The van der Waals surface area contributed by atoms with Crippen molar-refractivity contribution in [1.82, 2.24) is 9.13 Å². The third-order valence-electron chi connectivity index (χ3n) is 3.77. The Hall–Kier alpha value is -1.33. The van der Waals surface area contributed by atoms with Crippen LogP contribution >= 0.6 is 31.9 Å². The summed E-state index contributed by atoms with van der Waals surface area (Å²) in [5.74, 6) is 0. The molecule has 0 aliphatic rings. The molecule has 0 saturated carbocycles. The lowest BCUT2D eigenvalue weighted by Crippen LogP contribution is -2.19. The molecule has 108 valence electrons. The van der Waals surface area contributed by atoms with Gasteiger partial charge >= 0.3 is 5.69 Å². The number of nitrogens with zero attached hydrogens (tertiary/aromatic N) is 2. The van der Waals surface area contributed by atoms with Crippen molar-refractivity contribution < 1.29 is 0 Å². The molecule has 21 heavy (non-hydrogen) atoms. The van der Waals surface area contributed by atoms with Crippen molar-refractivity contribution in [3.63, 3.8) is 0 Å². The summed E-state index contributed by atoms with van der Waals surface area (Å²) in [6, 6.07) is 14.2. The van der Waals surface area contributed by atoms with Crippen molar-refractivity contribution in [3.05, 3.63) is 68.5 Å². The molecule has 0 bridgehead atoms. The maximum Gasteiger partial charge on any atom is 0.328 e. The van der Waals surface area contributed by atoms with Crippen LogP contribution in [0.1, 0.15) is 16.0 Å². The molecule has 0 N–H and O–H groups in total. The summed E-state index contributed by atoms with van der Waals surface area (Å²) in [5, 5.41) is 0. The van der Waals surface area contributed by atoms with Crippen LogP contribution in [0.4, 0.5) is 0 Å². The molecule has 0 aliphatic heterocycles. The topological polar surface area (TPSA) is 26.9 Å². The normalized spacial score (nSPS) is 12.8. The molecule has 1 aromatic heterocycles. The van der Waals surface area contributed by atoms with Crippen molar-refractivity contribution in [1.29, 1.82) is 0 Å². The number of fused-ring (bicyclic) bond motifs is 1. The highest BCUT2D eigenvalue weighted by atomic mass is 79.9. The predicted octanol–water partition coefficient (Wildman–Crippen LogP) is 4.12. The first-order valence-electron chi connectivity index (χ1n) is 6.54. The van der Waals surface area contributed by atoms with Crippen LogP contribution in [0.15, 0.2) is 51.7 Å². The SMILES string of the molecule is Cn1c(=O)n(C)c2cc(C(Br)c3ccccc3Br)ccc21. The molecule has 1 heterocycles. The van der Waals surface area contributed by atoms with Crippen molar-refractivity contribution in [2.75, 3.05) is 0 Å². The van der Waals surface area contributed by atoms with Crippen LogP contribution in [0, 0.1) is 0 Å². The highest BCUT2D eigenvalue weighted by Crippen LogP contribution is 2.36. The van der Waals surface area contributed by atoms with Crippen LogP contribution < -0.4 is 5.69 Å². The predicted molar refractivity (Wildman–Crippen MR) is 93.1 cm³/mol. The van der Waals surface area contributed by atoms with E-state index in [2.05, 4.69) is 50.1 Å². The number of halogens is 2. The Morgan fingerprint density at radius 1 is 1.00 bits per heavy atom. The summed E-state index contributed by atoms with van der Waals surface area (Å²) < 4.78 is 4.41. The van der Waals surface area contributed by atoms with Crippen LogP contribution in [-0.4, -0.2) is 9.13 Å². The molecular weight excluding hydrogens is 396 g/mol. The Bertz CT molecular complexity index is 880. The summed E-state index contributed by atoms with van der Waals surface area (Å²) in [4.78, 5) is 12.1. The van der Waals surface area contributed by atoms with Gasteiger partial charge in [-0.05, 0) is 29.3 Å². The van der Waals surface area contributed by atoms with Gasteiger partial charge in [0.25, 0.3) is 0 Å². The number of hydrogen-bond acceptors (Lipinski definition) is 1. The second-order valence-corrected chi connectivity index (χ2v) is 6.80. The van der Waals surface area contributed by atoms with Crippen LogP contribution in [-0.2, 0) is 14.1 Å². The average Bonchev–Trinajstić information content (AvgIpc) is 2.71. The molecule has 3 nitrogen and oxygen atoms in total. The lowest BCUT2D eigenvalue weighted by atomic mass is 10.0. The number of imidazole rings is 1. The van der Waals surface area contributed by atoms with E-state index in [1.165, 1.54) is 0 Å². The Labute approximate surface area is 139 Å². The van der Waals surface area contributed by atoms with Crippen LogP contribution in [0.2, 0.25) is 0 Å². The minimum Gasteiger partial charge on any atom is -0.295 e. The van der Waals surface area contributed by atoms with E-state index >= 15 is 0 Å². The summed E-state index contributed by atoms with van der Waals surface area (Å²) in [7, 11) is 3.60. The molecule has 0 radical (unpaired) electrons. The van der Waals surface area contributed by atoms with E-state index in [9.17, 15) is 4.79 Å². The highest BCUT2D eigenvalue weighted by molar-refractivity contribution is 9.11. The number of aromatic nitrogens is 2. The molecule has 2 aromatic carbocycles. The van der Waals surface area contributed by atoms with E-state index in [1.54, 1.807) is 23.2 Å². The lowest BCUT2D eigenvalue weighted by molar-refractivity contribution is 0.795. The molecule has 0 saturated heterocycles. The van der Waals surface area contributed by atoms with Crippen molar-refractivity contribution in [2.45, 2.75) is 4.83 Å². The highest BCUT2D eigenvalue weighted by Gasteiger charge is 2.15. The zero-order valence-corrected chi connectivity index (χ0v) is 14.8. The Morgan fingerprint density at radius 3 is 2.38 bits per heavy atom. The van der Waals surface area contributed by atoms with Gasteiger partial charge in [0.2, 0.25) is 0 Å². The van der Waals surface area contributed by atoms with Gasteiger partial charge in [-0.1, -0.05) is 56.1 Å². The molecule has 3 aromatic rings. The van der Waals surface area contributed by atoms with Gasteiger partial charge in [-0.15, -0.1) is 0 Å².